The molecule has 3 aromatic rings. The van der Waals surface area contributed by atoms with Crippen LogP contribution in [0.3, 0.4) is 0 Å². The molecule has 1 amide bonds. The van der Waals surface area contributed by atoms with E-state index in [1.165, 1.54) is 0 Å². The van der Waals surface area contributed by atoms with Crippen molar-refractivity contribution in [2.45, 2.75) is 13.5 Å². The zero-order chi connectivity index (χ0) is 22.2. The molecule has 0 bridgehead atoms. The predicted octanol–water partition coefficient (Wildman–Crippen LogP) is 6.40. The molecular weight excluding hydrogens is 686 g/mol. The standard InChI is InChI=1S/C23H19BrI2N2O3/c1-2-30-19-9-5-17(6-10-19)23(29)28-27-13-16-11-20(25)22(21(26)12-16)31-14-15-3-7-18(24)8-4-15/h3-13H,2,14H2,1H3,(H,28,29)/b27-13-. The highest BCUT2D eigenvalue weighted by atomic mass is 127. The first-order valence-corrected chi connectivity index (χ1v) is 12.3. The van der Waals surface area contributed by atoms with E-state index >= 15 is 0 Å². The van der Waals surface area contributed by atoms with Gasteiger partial charge in [-0.15, -0.1) is 0 Å². The van der Waals surface area contributed by atoms with Crippen molar-refractivity contribution >= 4 is 73.2 Å². The summed E-state index contributed by atoms with van der Waals surface area (Å²) >= 11 is 7.93. The van der Waals surface area contributed by atoms with E-state index in [0.29, 0.717) is 18.8 Å². The first-order valence-electron chi connectivity index (χ1n) is 9.39. The first kappa shape index (κ1) is 24.0. The zero-order valence-electron chi connectivity index (χ0n) is 16.6. The zero-order valence-corrected chi connectivity index (χ0v) is 22.5. The van der Waals surface area contributed by atoms with Crippen molar-refractivity contribution in [1.29, 1.82) is 0 Å². The lowest BCUT2D eigenvalue weighted by Gasteiger charge is -2.11. The fourth-order valence-corrected chi connectivity index (χ4v) is 5.02. The summed E-state index contributed by atoms with van der Waals surface area (Å²) in [5.41, 5.74) is 5.04. The maximum Gasteiger partial charge on any atom is 0.271 e. The van der Waals surface area contributed by atoms with Crippen molar-refractivity contribution < 1.29 is 14.3 Å². The van der Waals surface area contributed by atoms with Crippen molar-refractivity contribution in [2.24, 2.45) is 5.10 Å². The summed E-state index contributed by atoms with van der Waals surface area (Å²) < 4.78 is 14.4. The Bertz CT molecular complexity index is 1050. The Hall–Kier alpha value is -1.66. The molecule has 5 nitrogen and oxygen atoms in total. The number of benzene rings is 3. The van der Waals surface area contributed by atoms with E-state index in [2.05, 4.69) is 71.6 Å². The van der Waals surface area contributed by atoms with Crippen LogP contribution >= 0.6 is 61.1 Å². The van der Waals surface area contributed by atoms with Gasteiger partial charge in [0.2, 0.25) is 0 Å². The number of carbonyl (C=O) groups excluding carboxylic acids is 1. The predicted molar refractivity (Wildman–Crippen MR) is 143 cm³/mol. The molecule has 0 aliphatic carbocycles. The summed E-state index contributed by atoms with van der Waals surface area (Å²) in [4.78, 5) is 12.2. The molecule has 160 valence electrons. The minimum Gasteiger partial charge on any atom is -0.494 e. The maximum absolute atomic E-state index is 12.2. The Morgan fingerprint density at radius 3 is 2.29 bits per heavy atom. The SMILES string of the molecule is CCOc1ccc(C(=O)N/N=C\c2cc(I)c(OCc3ccc(Br)cc3)c(I)c2)cc1. The molecule has 0 aliphatic heterocycles. The van der Waals surface area contributed by atoms with Gasteiger partial charge in [-0.1, -0.05) is 28.1 Å². The lowest BCUT2D eigenvalue weighted by Crippen LogP contribution is -2.17. The topological polar surface area (TPSA) is 59.9 Å². The molecule has 0 radical (unpaired) electrons. The van der Waals surface area contributed by atoms with Gasteiger partial charge in [-0.05, 0) is 112 Å². The van der Waals surface area contributed by atoms with Crippen LogP contribution in [0, 0.1) is 7.14 Å². The van der Waals surface area contributed by atoms with Crippen molar-refractivity contribution in [1.82, 2.24) is 5.43 Å². The number of ether oxygens (including phenoxy) is 2. The van der Waals surface area contributed by atoms with Crippen LogP contribution in [-0.4, -0.2) is 18.7 Å². The maximum atomic E-state index is 12.2. The van der Waals surface area contributed by atoms with Gasteiger partial charge in [-0.25, -0.2) is 5.43 Å². The molecule has 31 heavy (non-hydrogen) atoms. The Kier molecular flexibility index (Phi) is 9.15. The molecule has 0 spiro atoms. The molecule has 0 aromatic heterocycles. The quantitative estimate of drug-likeness (QED) is 0.168. The summed E-state index contributed by atoms with van der Waals surface area (Å²) in [6.45, 7) is 2.99. The Morgan fingerprint density at radius 2 is 1.68 bits per heavy atom. The van der Waals surface area contributed by atoms with Crippen molar-refractivity contribution in [3.63, 3.8) is 0 Å². The van der Waals surface area contributed by atoms with Crippen LogP contribution in [-0.2, 0) is 6.61 Å². The number of halogens is 3. The summed E-state index contributed by atoms with van der Waals surface area (Å²) in [6.07, 6.45) is 1.62. The number of hydrogen-bond donors (Lipinski definition) is 1. The fraction of sp³-hybridized carbons (Fsp3) is 0.130. The van der Waals surface area contributed by atoms with E-state index in [0.717, 1.165) is 34.2 Å². The molecule has 0 aliphatic rings. The summed E-state index contributed by atoms with van der Waals surface area (Å²) in [5, 5.41) is 4.08. The van der Waals surface area contributed by atoms with Crippen molar-refractivity contribution in [2.75, 3.05) is 6.61 Å². The Morgan fingerprint density at radius 1 is 1.03 bits per heavy atom. The molecule has 3 rings (SSSR count). The molecule has 0 fully saturated rings. The lowest BCUT2D eigenvalue weighted by atomic mass is 10.2. The summed E-state index contributed by atoms with van der Waals surface area (Å²) in [7, 11) is 0. The molecule has 0 atom stereocenters. The monoisotopic (exact) mass is 704 g/mol. The van der Waals surface area contributed by atoms with Gasteiger partial charge in [0.1, 0.15) is 18.1 Å². The second-order valence-electron chi connectivity index (χ2n) is 6.39. The molecule has 8 heteroatoms. The molecule has 0 saturated carbocycles. The van der Waals surface area contributed by atoms with Gasteiger partial charge in [0, 0.05) is 10.0 Å². The lowest BCUT2D eigenvalue weighted by molar-refractivity contribution is 0.0955. The van der Waals surface area contributed by atoms with Gasteiger partial charge in [-0.2, -0.15) is 5.10 Å². The number of rotatable bonds is 8. The molecule has 1 N–H and O–H groups in total. The molecule has 0 saturated heterocycles. The fourth-order valence-electron chi connectivity index (χ4n) is 2.63. The van der Waals surface area contributed by atoms with E-state index in [9.17, 15) is 4.79 Å². The normalized spacial score (nSPS) is 10.8. The number of hydrogen-bond acceptors (Lipinski definition) is 4. The third kappa shape index (κ3) is 7.18. The molecule has 0 heterocycles. The minimum atomic E-state index is -0.279. The van der Waals surface area contributed by atoms with Crippen LogP contribution < -0.4 is 14.9 Å². The summed E-state index contributed by atoms with van der Waals surface area (Å²) in [5.74, 6) is 1.28. The third-order valence-corrected chi connectivity index (χ3v) is 6.26. The smallest absolute Gasteiger partial charge is 0.271 e. The molecule has 3 aromatic carbocycles. The van der Waals surface area contributed by atoms with Crippen LogP contribution in [0.5, 0.6) is 11.5 Å². The molecular formula is C23H19BrI2N2O3. The summed E-state index contributed by atoms with van der Waals surface area (Å²) in [6, 6.07) is 18.9. The van der Waals surface area contributed by atoms with Crippen molar-refractivity contribution in [3.8, 4) is 11.5 Å². The van der Waals surface area contributed by atoms with Gasteiger partial charge in [0.05, 0.1) is 20.0 Å². The van der Waals surface area contributed by atoms with E-state index in [-0.39, 0.29) is 5.91 Å². The van der Waals surface area contributed by atoms with Crippen molar-refractivity contribution in [3.05, 3.63) is 89.0 Å². The highest BCUT2D eigenvalue weighted by Gasteiger charge is 2.09. The second-order valence-corrected chi connectivity index (χ2v) is 9.63. The van der Waals surface area contributed by atoms with Crippen LogP contribution in [0.25, 0.3) is 0 Å². The van der Waals surface area contributed by atoms with E-state index < -0.39 is 0 Å². The number of carbonyl (C=O) groups is 1. The number of amides is 1. The van der Waals surface area contributed by atoms with Gasteiger partial charge in [0.25, 0.3) is 5.91 Å². The minimum absolute atomic E-state index is 0.279. The van der Waals surface area contributed by atoms with Crippen LogP contribution in [0.1, 0.15) is 28.4 Å². The van der Waals surface area contributed by atoms with Gasteiger partial charge >= 0.3 is 0 Å². The first-order chi connectivity index (χ1) is 15.0. The Labute approximate surface area is 217 Å². The van der Waals surface area contributed by atoms with Gasteiger partial charge in [0.15, 0.2) is 0 Å². The highest BCUT2D eigenvalue weighted by Crippen LogP contribution is 2.29. The third-order valence-electron chi connectivity index (χ3n) is 4.12. The van der Waals surface area contributed by atoms with E-state index in [1.807, 2.05) is 43.3 Å². The second kappa shape index (κ2) is 11.8. The highest BCUT2D eigenvalue weighted by molar-refractivity contribution is 14.1. The number of nitrogens with zero attached hydrogens (tertiary/aromatic N) is 1. The van der Waals surface area contributed by atoms with Gasteiger partial charge in [-0.3, -0.25) is 4.79 Å². The largest absolute Gasteiger partial charge is 0.494 e. The van der Waals surface area contributed by atoms with Gasteiger partial charge < -0.3 is 9.47 Å². The van der Waals surface area contributed by atoms with E-state index in [4.69, 9.17) is 9.47 Å². The number of nitrogens with one attached hydrogen (secondary N) is 1. The Balaban J connectivity index is 1.60. The van der Waals surface area contributed by atoms with Crippen LogP contribution in [0.15, 0.2) is 70.2 Å². The van der Waals surface area contributed by atoms with E-state index in [1.54, 1.807) is 30.5 Å². The average Bonchev–Trinajstić information content (AvgIpc) is 2.75. The number of hydrazone groups is 1. The van der Waals surface area contributed by atoms with Crippen LogP contribution in [0.4, 0.5) is 0 Å². The van der Waals surface area contributed by atoms with Crippen LogP contribution in [0.2, 0.25) is 0 Å². The molecule has 0 unspecified atom stereocenters. The average molecular weight is 705 g/mol.